The smallest absolute Gasteiger partial charge is 0.333 e. The van der Waals surface area contributed by atoms with Crippen LogP contribution in [0.4, 0.5) is 0 Å². The zero-order chi connectivity index (χ0) is 18.7. The lowest BCUT2D eigenvalue weighted by Gasteiger charge is -2.56. The van der Waals surface area contributed by atoms with Crippen molar-refractivity contribution >= 4 is 22.8 Å². The molecule has 0 aromatic rings. The zero-order valence-electron chi connectivity index (χ0n) is 16.0. The van der Waals surface area contributed by atoms with Crippen LogP contribution in [-0.2, 0) is 14.3 Å². The van der Waals surface area contributed by atoms with Gasteiger partial charge >= 0.3 is 5.97 Å². The first-order chi connectivity index (χ1) is 12.3. The van der Waals surface area contributed by atoms with Gasteiger partial charge in [-0.15, -0.1) is 0 Å². The molecule has 6 atom stereocenters. The number of ether oxygens (including phenoxy) is 1. The molecule has 0 amide bonds. The zero-order valence-corrected chi connectivity index (χ0v) is 16.8. The highest BCUT2D eigenvalue weighted by Crippen LogP contribution is 2.66. The Morgan fingerprint density at radius 3 is 2.62 bits per heavy atom. The molecule has 142 valence electrons. The van der Waals surface area contributed by atoms with Crippen LogP contribution in [0.15, 0.2) is 23.3 Å². The Hall–Kier alpha value is -1.09. The number of rotatable bonds is 2. The van der Waals surface area contributed by atoms with Crippen molar-refractivity contribution < 1.29 is 14.3 Å². The predicted molar refractivity (Wildman–Crippen MR) is 102 cm³/mol. The number of hydrogen-bond donors (Lipinski definition) is 0. The van der Waals surface area contributed by atoms with E-state index in [0.29, 0.717) is 17.8 Å². The normalized spacial score (nSPS) is 44.2. The van der Waals surface area contributed by atoms with Gasteiger partial charge in [0, 0.05) is 11.5 Å². The molecule has 4 aliphatic rings. The fraction of sp³-hybridized carbons (Fsp3) is 0.727. The van der Waals surface area contributed by atoms with Gasteiger partial charge in [0.25, 0.3) is 0 Å². The van der Waals surface area contributed by atoms with E-state index in [1.807, 2.05) is 0 Å². The summed E-state index contributed by atoms with van der Waals surface area (Å²) in [6.07, 6.45) is 11.7. The van der Waals surface area contributed by atoms with Crippen LogP contribution in [0, 0.1) is 34.5 Å². The monoisotopic (exact) mass is 376 g/mol. The number of hydrogen-bond acceptors (Lipinski definition) is 3. The molecule has 4 rings (SSSR count). The first kappa shape index (κ1) is 18.3. The van der Waals surface area contributed by atoms with Gasteiger partial charge in [0.05, 0.1) is 7.11 Å². The van der Waals surface area contributed by atoms with Crippen LogP contribution >= 0.6 is 11.6 Å². The van der Waals surface area contributed by atoms with E-state index in [-0.39, 0.29) is 28.0 Å². The van der Waals surface area contributed by atoms with Crippen molar-refractivity contribution in [2.24, 2.45) is 34.5 Å². The summed E-state index contributed by atoms with van der Waals surface area (Å²) in [5, 5.41) is -0.130. The summed E-state index contributed by atoms with van der Waals surface area (Å²) in [6, 6.07) is 0. The average Bonchev–Trinajstić information content (AvgIpc) is 2.97. The lowest BCUT2D eigenvalue weighted by atomic mass is 9.48. The highest BCUT2D eigenvalue weighted by molar-refractivity contribution is 6.64. The molecule has 0 bridgehead atoms. The second kappa shape index (κ2) is 6.22. The molecule has 4 heteroatoms. The molecule has 0 saturated heterocycles. The van der Waals surface area contributed by atoms with E-state index < -0.39 is 0 Å². The number of carbonyl (C=O) groups is 2. The number of allylic oxidation sites excluding steroid dienone is 3. The predicted octanol–water partition coefficient (Wildman–Crippen LogP) is 5.04. The Bertz CT molecular complexity index is 708. The molecule has 3 nitrogen and oxygen atoms in total. The number of halogens is 1. The first-order valence-corrected chi connectivity index (χ1v) is 10.4. The Balaban J connectivity index is 1.66. The third kappa shape index (κ3) is 2.46. The van der Waals surface area contributed by atoms with E-state index in [2.05, 4.69) is 26.0 Å². The van der Waals surface area contributed by atoms with Gasteiger partial charge in [0.15, 0.2) is 0 Å². The maximum absolute atomic E-state index is 12.0. The van der Waals surface area contributed by atoms with Gasteiger partial charge in [-0.25, -0.2) is 4.79 Å². The summed E-state index contributed by atoms with van der Waals surface area (Å²) in [5.74, 6) is 1.71. The summed E-state index contributed by atoms with van der Waals surface area (Å²) >= 11 is 5.96. The molecular weight excluding hydrogens is 348 g/mol. The Labute approximate surface area is 161 Å². The van der Waals surface area contributed by atoms with Crippen LogP contribution in [0.2, 0.25) is 0 Å². The summed E-state index contributed by atoms with van der Waals surface area (Å²) < 4.78 is 4.93. The summed E-state index contributed by atoms with van der Waals surface area (Å²) in [5.41, 5.74) is 2.36. The minimum absolute atomic E-state index is 0.0329. The minimum atomic E-state index is -0.189. The van der Waals surface area contributed by atoms with Crippen LogP contribution in [0.1, 0.15) is 58.8 Å². The number of carbonyl (C=O) groups excluding carboxylic acids is 2. The summed E-state index contributed by atoms with van der Waals surface area (Å²) in [7, 11) is 1.46. The van der Waals surface area contributed by atoms with E-state index in [1.165, 1.54) is 12.7 Å². The van der Waals surface area contributed by atoms with Crippen LogP contribution in [-0.4, -0.2) is 18.3 Å². The molecule has 0 spiro atoms. The van der Waals surface area contributed by atoms with Crippen molar-refractivity contribution in [1.29, 1.82) is 0 Å². The Morgan fingerprint density at radius 2 is 1.92 bits per heavy atom. The number of fused-ring (bicyclic) bond motifs is 5. The van der Waals surface area contributed by atoms with Crippen molar-refractivity contribution in [2.45, 2.75) is 58.8 Å². The molecule has 0 radical (unpaired) electrons. The topological polar surface area (TPSA) is 43.4 Å². The van der Waals surface area contributed by atoms with Gasteiger partial charge in [0.2, 0.25) is 5.24 Å². The SMILES string of the molecule is COC(=O)C1=CC2=CC[C@H]3[C@@H]4CC[C@H](C(=O)Cl)[C@@]4(C)CC[C@@H]3[C@@]2(C)CC1. The van der Waals surface area contributed by atoms with Crippen molar-refractivity contribution in [2.75, 3.05) is 7.11 Å². The number of methoxy groups -OCH3 is 1. The van der Waals surface area contributed by atoms with Gasteiger partial charge in [-0.2, -0.15) is 0 Å². The van der Waals surface area contributed by atoms with Gasteiger partial charge in [-0.3, -0.25) is 4.79 Å². The highest BCUT2D eigenvalue weighted by Gasteiger charge is 2.59. The standard InChI is InChI=1S/C22H29ClO3/c1-21-10-8-13(20(25)26-3)12-14(21)4-5-15-16-6-7-18(19(23)24)22(16,2)11-9-17(15)21/h4,12,15-18H,5-11H2,1-3H3/t15-,16-,17-,18+,21-,22-/m0/s1. The molecule has 4 aliphatic carbocycles. The quantitative estimate of drug-likeness (QED) is 0.501. The fourth-order valence-corrected chi connectivity index (χ4v) is 7.35. The summed E-state index contributed by atoms with van der Waals surface area (Å²) in [4.78, 5) is 23.9. The largest absolute Gasteiger partial charge is 0.466 e. The van der Waals surface area contributed by atoms with Crippen LogP contribution in [0.5, 0.6) is 0 Å². The van der Waals surface area contributed by atoms with Crippen LogP contribution < -0.4 is 0 Å². The van der Waals surface area contributed by atoms with Gasteiger partial charge in [-0.1, -0.05) is 19.9 Å². The van der Waals surface area contributed by atoms with E-state index >= 15 is 0 Å². The van der Waals surface area contributed by atoms with Gasteiger partial charge in [-0.05, 0) is 96.8 Å². The van der Waals surface area contributed by atoms with E-state index in [0.717, 1.165) is 50.5 Å². The molecule has 0 aromatic carbocycles. The Kier molecular flexibility index (Phi) is 4.38. The lowest BCUT2D eigenvalue weighted by Crippen LogP contribution is -2.49. The molecule has 2 fully saturated rings. The van der Waals surface area contributed by atoms with Crippen molar-refractivity contribution in [3.05, 3.63) is 23.3 Å². The maximum Gasteiger partial charge on any atom is 0.333 e. The molecular formula is C22H29ClO3. The van der Waals surface area contributed by atoms with Crippen molar-refractivity contribution in [3.63, 3.8) is 0 Å². The Morgan fingerprint density at radius 1 is 1.15 bits per heavy atom. The second-order valence-corrected chi connectivity index (χ2v) is 9.70. The second-order valence-electron chi connectivity index (χ2n) is 9.33. The first-order valence-electron chi connectivity index (χ1n) is 10.00. The van der Waals surface area contributed by atoms with Crippen LogP contribution in [0.3, 0.4) is 0 Å². The molecule has 0 aromatic heterocycles. The molecule has 0 N–H and O–H groups in total. The molecule has 0 heterocycles. The molecule has 26 heavy (non-hydrogen) atoms. The third-order valence-corrected chi connectivity index (χ3v) is 8.75. The molecule has 2 saturated carbocycles. The lowest BCUT2D eigenvalue weighted by molar-refractivity contribution is -0.136. The maximum atomic E-state index is 12.0. The van der Waals surface area contributed by atoms with Gasteiger partial charge < -0.3 is 4.74 Å². The van der Waals surface area contributed by atoms with Crippen molar-refractivity contribution in [1.82, 2.24) is 0 Å². The van der Waals surface area contributed by atoms with E-state index in [4.69, 9.17) is 16.3 Å². The number of esters is 1. The average molecular weight is 377 g/mol. The summed E-state index contributed by atoms with van der Waals surface area (Å²) in [6.45, 7) is 4.70. The highest BCUT2D eigenvalue weighted by atomic mass is 35.5. The van der Waals surface area contributed by atoms with E-state index in [1.54, 1.807) is 0 Å². The van der Waals surface area contributed by atoms with Crippen LogP contribution in [0.25, 0.3) is 0 Å². The van der Waals surface area contributed by atoms with Gasteiger partial charge in [0.1, 0.15) is 0 Å². The minimum Gasteiger partial charge on any atom is -0.466 e. The van der Waals surface area contributed by atoms with Crippen molar-refractivity contribution in [3.8, 4) is 0 Å². The molecule has 0 unspecified atom stereocenters. The molecule has 0 aliphatic heterocycles. The third-order valence-electron chi connectivity index (χ3n) is 8.49. The van der Waals surface area contributed by atoms with E-state index in [9.17, 15) is 9.59 Å². The fourth-order valence-electron chi connectivity index (χ4n) is 6.99.